The highest BCUT2D eigenvalue weighted by Gasteiger charge is 2.46. The van der Waals surface area contributed by atoms with Crippen molar-refractivity contribution >= 4 is 40.0 Å². The van der Waals surface area contributed by atoms with Gasteiger partial charge in [0.1, 0.15) is 11.5 Å². The summed E-state index contributed by atoms with van der Waals surface area (Å²) in [5, 5.41) is 37.9. The number of para-hydroxylation sites is 1. The number of rotatable bonds is 13. The molecule has 2 amide bonds. The number of likely N-dealkylation sites (N-methyl/N-ethyl adjacent to an activating group) is 1. The van der Waals surface area contributed by atoms with Crippen LogP contribution in [0.15, 0.2) is 70.7 Å². The maximum Gasteiger partial charge on any atom is 0.260 e. The second kappa shape index (κ2) is 17.0. The van der Waals surface area contributed by atoms with Crippen LogP contribution in [0.2, 0.25) is 0 Å². The largest absolute Gasteiger partial charge is 0.507 e. The molecule has 15 heteroatoms. The van der Waals surface area contributed by atoms with E-state index in [1.165, 1.54) is 6.07 Å². The van der Waals surface area contributed by atoms with E-state index >= 15 is 0 Å². The number of aryl methyl sites for hydroxylation is 2. The van der Waals surface area contributed by atoms with E-state index in [1.807, 2.05) is 69.6 Å². The molecule has 1 fully saturated rings. The number of hydrogen-bond acceptors (Lipinski definition) is 12. The van der Waals surface area contributed by atoms with Crippen LogP contribution in [-0.4, -0.2) is 83.8 Å². The predicted octanol–water partition coefficient (Wildman–Crippen LogP) is 6.72. The Balaban J connectivity index is 0.889. The van der Waals surface area contributed by atoms with E-state index in [0.29, 0.717) is 23.3 Å². The van der Waals surface area contributed by atoms with Crippen LogP contribution in [0.1, 0.15) is 80.3 Å². The molecule has 4 N–H and O–H groups in total. The van der Waals surface area contributed by atoms with Crippen LogP contribution in [0, 0.1) is 24.7 Å². The fraction of sp³-hybridized carbons (Fsp3) is 0.400. The molecule has 1 unspecified atom stereocenters. The van der Waals surface area contributed by atoms with Crippen molar-refractivity contribution < 1.29 is 33.9 Å². The fourth-order valence-electron chi connectivity index (χ4n) is 8.82. The molecule has 0 aliphatic heterocycles. The fourth-order valence-corrected chi connectivity index (χ4v) is 9.63. The molecule has 0 radical (unpaired) electrons. The first-order valence-corrected chi connectivity index (χ1v) is 21.3. The lowest BCUT2D eigenvalue weighted by Gasteiger charge is -2.31. The number of benzene rings is 2. The van der Waals surface area contributed by atoms with E-state index in [1.54, 1.807) is 41.5 Å². The number of amides is 2. The number of ether oxygens (including phenoxy) is 1. The Morgan fingerprint density at radius 3 is 2.55 bits per heavy atom. The van der Waals surface area contributed by atoms with Crippen molar-refractivity contribution in [3.05, 3.63) is 94.4 Å². The number of carbonyl (C=O) groups excluding carboxylic acids is 3. The monoisotopic (exact) mass is 831 g/mol. The lowest BCUT2D eigenvalue weighted by atomic mass is 9.79. The summed E-state index contributed by atoms with van der Waals surface area (Å²) in [5.74, 6) is -2.65. The van der Waals surface area contributed by atoms with E-state index in [2.05, 4.69) is 30.6 Å². The van der Waals surface area contributed by atoms with E-state index in [0.717, 1.165) is 51.2 Å². The number of ketones is 1. The zero-order chi connectivity index (χ0) is 42.2. The highest BCUT2D eigenvalue weighted by Crippen LogP contribution is 2.41. The summed E-state index contributed by atoms with van der Waals surface area (Å²) in [6.45, 7) is 7.38. The second-order valence-corrected chi connectivity index (χ2v) is 17.3. The Kier molecular flexibility index (Phi) is 11.6. The van der Waals surface area contributed by atoms with Crippen LogP contribution in [0.4, 0.5) is 0 Å². The Bertz CT molecular complexity index is 2530. The number of nitrogens with zero attached hydrogens (tertiary/aromatic N) is 5. The van der Waals surface area contributed by atoms with Crippen molar-refractivity contribution in [2.45, 2.75) is 83.9 Å². The smallest absolute Gasteiger partial charge is 0.260 e. The molecule has 0 saturated heterocycles. The number of hydrogen-bond donors (Lipinski definition) is 4. The number of fused-ring (bicyclic) bond motifs is 3. The molecule has 8 rings (SSSR count). The van der Waals surface area contributed by atoms with E-state index in [4.69, 9.17) is 9.26 Å². The maximum atomic E-state index is 14.3. The van der Waals surface area contributed by atoms with Gasteiger partial charge in [-0.15, -0.1) is 21.5 Å². The van der Waals surface area contributed by atoms with Gasteiger partial charge in [0, 0.05) is 41.7 Å². The van der Waals surface area contributed by atoms with Crippen molar-refractivity contribution in [2.75, 3.05) is 13.7 Å². The van der Waals surface area contributed by atoms with Gasteiger partial charge in [-0.2, -0.15) is 0 Å². The van der Waals surface area contributed by atoms with Crippen LogP contribution < -0.4 is 10.1 Å². The first-order valence-electron chi connectivity index (χ1n) is 20.4. The molecule has 2 aliphatic carbocycles. The SMILES string of the molecule is Cc1ncsc1-c1ccc([C@H](C)NC(=O)[C@@H]2C[C@@H](O)CC2C(=O)[C@@H](c2cc(OCC(=O)N(C)[C@H]3CCc4[nH]c5nnc(-c6ccccc6O)cc5c4C3)no2)C(C)C)cc1. The molecule has 1 saturated carbocycles. The second-order valence-electron chi connectivity index (χ2n) is 16.4. The molecule has 2 aliphatic rings. The lowest BCUT2D eigenvalue weighted by molar-refractivity contribution is -0.134. The lowest BCUT2D eigenvalue weighted by Crippen LogP contribution is -2.42. The number of aromatic hydroxyl groups is 1. The Labute approximate surface area is 351 Å². The van der Waals surface area contributed by atoms with Crippen LogP contribution in [0.3, 0.4) is 0 Å². The van der Waals surface area contributed by atoms with Crippen LogP contribution in [0.5, 0.6) is 11.6 Å². The molecule has 6 aromatic rings. The first kappa shape index (κ1) is 40.8. The van der Waals surface area contributed by atoms with Gasteiger partial charge >= 0.3 is 0 Å². The van der Waals surface area contributed by atoms with Gasteiger partial charge in [0.15, 0.2) is 18.0 Å². The minimum absolute atomic E-state index is 0.0779. The molecule has 4 heterocycles. The zero-order valence-corrected chi connectivity index (χ0v) is 35.0. The van der Waals surface area contributed by atoms with Gasteiger partial charge in [0.2, 0.25) is 5.91 Å². The summed E-state index contributed by atoms with van der Waals surface area (Å²) < 4.78 is 11.5. The summed E-state index contributed by atoms with van der Waals surface area (Å²) in [6.07, 6.45) is 1.62. The number of phenols is 1. The highest BCUT2D eigenvalue weighted by molar-refractivity contribution is 7.13. The van der Waals surface area contributed by atoms with Gasteiger partial charge in [-0.3, -0.25) is 14.4 Å². The van der Waals surface area contributed by atoms with Gasteiger partial charge in [0.25, 0.3) is 11.8 Å². The molecule has 312 valence electrons. The molecule has 4 aromatic heterocycles. The average Bonchev–Trinajstić information content (AvgIpc) is 4.05. The van der Waals surface area contributed by atoms with Crippen LogP contribution in [0.25, 0.3) is 32.7 Å². The van der Waals surface area contributed by atoms with E-state index < -0.39 is 23.9 Å². The summed E-state index contributed by atoms with van der Waals surface area (Å²) in [7, 11) is 1.76. The quantitative estimate of drug-likeness (QED) is 0.0965. The number of Topliss-reactive ketones (excluding diaryl/α,β-unsaturated/α-hetero) is 1. The minimum atomic E-state index is -0.794. The zero-order valence-electron chi connectivity index (χ0n) is 34.2. The number of nitrogens with one attached hydrogen (secondary N) is 2. The normalized spacial score (nSPS) is 19.9. The molecular formula is C45H49N7O7S. The minimum Gasteiger partial charge on any atom is -0.507 e. The van der Waals surface area contributed by atoms with Crippen molar-refractivity contribution in [3.8, 4) is 33.3 Å². The highest BCUT2D eigenvalue weighted by atomic mass is 32.1. The predicted molar refractivity (Wildman–Crippen MR) is 225 cm³/mol. The number of aromatic nitrogens is 5. The van der Waals surface area contributed by atoms with Crippen LogP contribution in [-0.2, 0) is 27.2 Å². The summed E-state index contributed by atoms with van der Waals surface area (Å²) >= 11 is 1.58. The van der Waals surface area contributed by atoms with Gasteiger partial charge in [0.05, 0.1) is 45.8 Å². The van der Waals surface area contributed by atoms with Crippen molar-refractivity contribution in [1.29, 1.82) is 0 Å². The van der Waals surface area contributed by atoms with E-state index in [-0.39, 0.29) is 72.4 Å². The van der Waals surface area contributed by atoms with Gasteiger partial charge in [-0.05, 0) is 91.9 Å². The average molecular weight is 832 g/mol. The Morgan fingerprint density at radius 2 is 1.82 bits per heavy atom. The first-order chi connectivity index (χ1) is 28.9. The maximum absolute atomic E-state index is 14.3. The molecule has 0 bridgehead atoms. The van der Waals surface area contributed by atoms with Crippen molar-refractivity contribution in [2.24, 2.45) is 17.8 Å². The van der Waals surface area contributed by atoms with Gasteiger partial charge in [-0.1, -0.05) is 50.2 Å². The summed E-state index contributed by atoms with van der Waals surface area (Å²) in [4.78, 5) is 52.0. The topological polar surface area (TPSA) is 197 Å². The third-order valence-electron chi connectivity index (χ3n) is 12.2. The number of H-pyrrole nitrogens is 1. The molecule has 14 nitrogen and oxygen atoms in total. The summed E-state index contributed by atoms with van der Waals surface area (Å²) in [6, 6.07) is 18.1. The number of carbonyl (C=O) groups is 3. The Hall–Kier alpha value is -5.93. The Morgan fingerprint density at radius 1 is 1.05 bits per heavy atom. The van der Waals surface area contributed by atoms with Gasteiger partial charge < -0.3 is 34.7 Å². The van der Waals surface area contributed by atoms with Crippen molar-refractivity contribution in [1.82, 2.24) is 35.5 Å². The number of aliphatic hydroxyl groups is 1. The number of aromatic amines is 1. The van der Waals surface area contributed by atoms with Crippen molar-refractivity contribution in [3.63, 3.8) is 0 Å². The summed E-state index contributed by atoms with van der Waals surface area (Å²) in [5.41, 5.74) is 8.72. The number of phenolic OH excluding ortho intramolecular Hbond substituents is 1. The van der Waals surface area contributed by atoms with E-state index in [9.17, 15) is 24.6 Å². The molecule has 6 atom stereocenters. The number of aliphatic hydroxyl groups excluding tert-OH is 1. The molecule has 60 heavy (non-hydrogen) atoms. The third-order valence-corrected chi connectivity index (χ3v) is 13.2. The van der Waals surface area contributed by atoms with Gasteiger partial charge in [-0.25, -0.2) is 4.98 Å². The standard InChI is InChI=1S/C45H49N7O7S/c1-23(2)41(42(56)32-17-29(53)18-34(32)45(57)47-24(3)26-10-12-27(13-11-26)43-25(4)46-22-60-43)38-20-39(51-59-38)58-21-40(55)52(5)28-14-15-35-31(16-28)33-19-36(49-50-44(33)48-35)30-8-6-7-9-37(30)54/h6-13,19-20,22-24,28-29,32,34,41,53-54H,14-18,21H2,1-5H3,(H,47,57)(H,48,50)/t24-,28-,29-,32?,34+,41+/m0/s1. The molecular weight excluding hydrogens is 783 g/mol. The molecule has 2 aromatic carbocycles. The third kappa shape index (κ3) is 8.15. The molecule has 0 spiro atoms. The van der Waals surface area contributed by atoms with Crippen LogP contribution >= 0.6 is 11.3 Å². The number of thiazole rings is 1.